The molecule has 1 aromatic rings. The summed E-state index contributed by atoms with van der Waals surface area (Å²) in [6, 6.07) is 2.79. The van der Waals surface area contributed by atoms with Gasteiger partial charge in [0.2, 0.25) is 0 Å². The number of rotatable bonds is 4. The number of carbonyl (C=O) groups is 2. The first-order chi connectivity index (χ1) is 7.89. The van der Waals surface area contributed by atoms with E-state index in [4.69, 9.17) is 16.7 Å². The molecule has 0 fully saturated rings. The predicted octanol–water partition coefficient (Wildman–Crippen LogP) is 1.11. The van der Waals surface area contributed by atoms with Crippen molar-refractivity contribution in [2.75, 3.05) is 0 Å². The fourth-order valence-electron chi connectivity index (χ4n) is 1.04. The van der Waals surface area contributed by atoms with Gasteiger partial charge in [0.15, 0.2) is 10.8 Å². The van der Waals surface area contributed by atoms with Crippen molar-refractivity contribution < 1.29 is 14.7 Å². The number of carboxylic acids is 1. The second-order valence-corrected chi connectivity index (χ2v) is 4.07. The molecule has 0 bridgehead atoms. The van der Waals surface area contributed by atoms with Crippen LogP contribution in [-0.2, 0) is 4.79 Å². The molecule has 0 radical (unpaired) electrons. The Morgan fingerprint density at radius 1 is 1.47 bits per heavy atom. The molecule has 1 unspecified atom stereocenters. The highest BCUT2D eigenvalue weighted by Crippen LogP contribution is 2.11. The Balaban J connectivity index is 2.85. The number of hydrogen-bond donors (Lipinski definition) is 2. The van der Waals surface area contributed by atoms with Gasteiger partial charge in [-0.25, -0.2) is 4.79 Å². The fraction of sp³-hybridized carbons (Fsp3) is 0.400. The lowest BCUT2D eigenvalue weighted by molar-refractivity contribution is -0.143. The molecule has 17 heavy (non-hydrogen) atoms. The molecule has 1 heterocycles. The molecule has 0 saturated carbocycles. The zero-order valence-corrected chi connectivity index (χ0v) is 10.2. The lowest BCUT2D eigenvalue weighted by Crippen LogP contribution is -2.51. The minimum absolute atomic E-state index is 0.0234. The molecule has 0 aromatic carbocycles. The highest BCUT2D eigenvalue weighted by molar-refractivity contribution is 6.29. The van der Waals surface area contributed by atoms with Crippen molar-refractivity contribution >= 4 is 23.5 Å². The van der Waals surface area contributed by atoms with E-state index in [1.165, 1.54) is 19.1 Å². The molecule has 0 aliphatic carbocycles. The van der Waals surface area contributed by atoms with Crippen LogP contribution in [0.15, 0.2) is 12.1 Å². The van der Waals surface area contributed by atoms with Gasteiger partial charge in [0, 0.05) is 0 Å². The average molecular weight is 258 g/mol. The number of nitrogens with one attached hydrogen (secondary N) is 1. The van der Waals surface area contributed by atoms with E-state index in [0.717, 1.165) is 0 Å². The van der Waals surface area contributed by atoms with E-state index in [2.05, 4.69) is 15.5 Å². The first-order valence-electron chi connectivity index (χ1n) is 4.94. The lowest BCUT2D eigenvalue weighted by atomic mass is 9.99. The third-order valence-corrected chi connectivity index (χ3v) is 2.63. The topological polar surface area (TPSA) is 92.2 Å². The summed E-state index contributed by atoms with van der Waals surface area (Å²) in [6.45, 7) is 3.10. The normalized spacial score (nSPS) is 13.8. The summed E-state index contributed by atoms with van der Waals surface area (Å²) < 4.78 is 0. The molecule has 1 rings (SSSR count). The van der Waals surface area contributed by atoms with E-state index in [9.17, 15) is 9.59 Å². The van der Waals surface area contributed by atoms with Crippen molar-refractivity contribution in [1.82, 2.24) is 15.5 Å². The van der Waals surface area contributed by atoms with Gasteiger partial charge in [-0.3, -0.25) is 4.79 Å². The van der Waals surface area contributed by atoms with Gasteiger partial charge in [0.05, 0.1) is 0 Å². The van der Waals surface area contributed by atoms with Crippen LogP contribution in [0.4, 0.5) is 0 Å². The summed E-state index contributed by atoms with van der Waals surface area (Å²) in [4.78, 5) is 22.7. The standard InChI is InChI=1S/C10H12ClN3O3/c1-3-10(2,9(16)17)12-8(15)6-4-5-7(11)14-13-6/h4-5H,3H2,1-2H3,(H,12,15)(H,16,17). The van der Waals surface area contributed by atoms with Crippen molar-refractivity contribution in [3.05, 3.63) is 23.0 Å². The Bertz CT molecular complexity index is 435. The van der Waals surface area contributed by atoms with Crippen molar-refractivity contribution in [2.45, 2.75) is 25.8 Å². The van der Waals surface area contributed by atoms with E-state index in [1.807, 2.05) is 0 Å². The molecular formula is C10H12ClN3O3. The Hall–Kier alpha value is -1.69. The molecule has 2 N–H and O–H groups in total. The average Bonchev–Trinajstić information content (AvgIpc) is 2.29. The minimum atomic E-state index is -1.32. The Labute approximate surface area is 103 Å². The maximum atomic E-state index is 11.7. The number of amides is 1. The molecular weight excluding hydrogens is 246 g/mol. The van der Waals surface area contributed by atoms with Crippen molar-refractivity contribution in [3.8, 4) is 0 Å². The molecule has 0 aliphatic rings. The Morgan fingerprint density at radius 3 is 2.53 bits per heavy atom. The molecule has 0 saturated heterocycles. The molecule has 1 aromatic heterocycles. The maximum Gasteiger partial charge on any atom is 0.329 e. The van der Waals surface area contributed by atoms with E-state index in [1.54, 1.807) is 6.92 Å². The van der Waals surface area contributed by atoms with Gasteiger partial charge in [0.1, 0.15) is 5.54 Å². The van der Waals surface area contributed by atoms with Crippen LogP contribution in [0.5, 0.6) is 0 Å². The summed E-state index contributed by atoms with van der Waals surface area (Å²) in [5, 5.41) is 18.6. The zero-order chi connectivity index (χ0) is 13.1. The van der Waals surface area contributed by atoms with Gasteiger partial charge in [-0.1, -0.05) is 18.5 Å². The van der Waals surface area contributed by atoms with Gasteiger partial charge in [-0.2, -0.15) is 0 Å². The van der Waals surface area contributed by atoms with Crippen LogP contribution in [0.2, 0.25) is 5.15 Å². The zero-order valence-electron chi connectivity index (χ0n) is 9.40. The third kappa shape index (κ3) is 3.13. The summed E-state index contributed by atoms with van der Waals surface area (Å²) in [6.07, 6.45) is 0.259. The second kappa shape index (κ2) is 5.09. The van der Waals surface area contributed by atoms with Crippen LogP contribution in [0, 0.1) is 0 Å². The number of nitrogens with zero attached hydrogens (tertiary/aromatic N) is 2. The van der Waals surface area contributed by atoms with Gasteiger partial charge in [0.25, 0.3) is 5.91 Å². The second-order valence-electron chi connectivity index (χ2n) is 3.69. The largest absolute Gasteiger partial charge is 0.480 e. The summed E-state index contributed by atoms with van der Waals surface area (Å²) >= 11 is 5.53. The number of aliphatic carboxylic acids is 1. The molecule has 1 amide bonds. The van der Waals surface area contributed by atoms with E-state index in [0.29, 0.717) is 0 Å². The van der Waals surface area contributed by atoms with E-state index >= 15 is 0 Å². The smallest absolute Gasteiger partial charge is 0.329 e. The quantitative estimate of drug-likeness (QED) is 0.843. The number of carboxylic acid groups (broad SMARTS) is 1. The highest BCUT2D eigenvalue weighted by Gasteiger charge is 2.33. The van der Waals surface area contributed by atoms with Crippen LogP contribution in [0.1, 0.15) is 30.8 Å². The molecule has 7 heteroatoms. The van der Waals surface area contributed by atoms with Crippen LogP contribution in [0.25, 0.3) is 0 Å². The molecule has 6 nitrogen and oxygen atoms in total. The maximum absolute atomic E-state index is 11.7. The molecule has 0 spiro atoms. The number of aromatic nitrogens is 2. The van der Waals surface area contributed by atoms with Gasteiger partial charge in [-0.15, -0.1) is 10.2 Å². The SMILES string of the molecule is CCC(C)(NC(=O)c1ccc(Cl)nn1)C(=O)O. The summed E-state index contributed by atoms with van der Waals surface area (Å²) in [5.41, 5.74) is -1.30. The lowest BCUT2D eigenvalue weighted by Gasteiger charge is -2.24. The van der Waals surface area contributed by atoms with E-state index < -0.39 is 17.4 Å². The monoisotopic (exact) mass is 257 g/mol. The fourth-order valence-corrected chi connectivity index (χ4v) is 1.15. The first kappa shape index (κ1) is 13.4. The van der Waals surface area contributed by atoms with Crippen LogP contribution >= 0.6 is 11.6 Å². The summed E-state index contributed by atoms with van der Waals surface area (Å²) in [5.74, 6) is -1.70. The molecule has 1 atom stereocenters. The van der Waals surface area contributed by atoms with Crippen molar-refractivity contribution in [3.63, 3.8) is 0 Å². The van der Waals surface area contributed by atoms with Crippen molar-refractivity contribution in [1.29, 1.82) is 0 Å². The Morgan fingerprint density at radius 2 is 2.12 bits per heavy atom. The predicted molar refractivity (Wildman–Crippen MR) is 60.8 cm³/mol. The van der Waals surface area contributed by atoms with Crippen molar-refractivity contribution in [2.24, 2.45) is 0 Å². The number of carbonyl (C=O) groups excluding carboxylic acids is 1. The van der Waals surface area contributed by atoms with Crippen LogP contribution in [-0.4, -0.2) is 32.7 Å². The summed E-state index contributed by atoms with van der Waals surface area (Å²) in [7, 11) is 0. The van der Waals surface area contributed by atoms with Crippen LogP contribution < -0.4 is 5.32 Å². The third-order valence-electron chi connectivity index (χ3n) is 2.43. The molecule has 92 valence electrons. The number of halogens is 1. The van der Waals surface area contributed by atoms with Gasteiger partial charge >= 0.3 is 5.97 Å². The minimum Gasteiger partial charge on any atom is -0.480 e. The highest BCUT2D eigenvalue weighted by atomic mass is 35.5. The molecule has 0 aliphatic heterocycles. The van der Waals surface area contributed by atoms with Crippen LogP contribution in [0.3, 0.4) is 0 Å². The van der Waals surface area contributed by atoms with Gasteiger partial charge in [-0.05, 0) is 25.5 Å². The van der Waals surface area contributed by atoms with E-state index in [-0.39, 0.29) is 17.3 Å². The first-order valence-corrected chi connectivity index (χ1v) is 5.32. The Kier molecular flexibility index (Phi) is 4.01. The van der Waals surface area contributed by atoms with Gasteiger partial charge < -0.3 is 10.4 Å². The number of hydrogen-bond acceptors (Lipinski definition) is 4.